The Balaban J connectivity index is 0.000000125. The van der Waals surface area contributed by atoms with E-state index in [1.165, 1.54) is 5.56 Å². The molecule has 2 fully saturated rings. The molecule has 0 bridgehead atoms. The Morgan fingerprint density at radius 3 is 1.88 bits per heavy atom. The number of ether oxygens (including phenoxy) is 2. The van der Waals surface area contributed by atoms with Gasteiger partial charge in [0.1, 0.15) is 0 Å². The molecule has 2 unspecified atom stereocenters. The summed E-state index contributed by atoms with van der Waals surface area (Å²) >= 11 is 0. The van der Waals surface area contributed by atoms with Crippen molar-refractivity contribution in [1.82, 2.24) is 5.32 Å². The van der Waals surface area contributed by atoms with Gasteiger partial charge in [-0.25, -0.2) is 0 Å². The lowest BCUT2D eigenvalue weighted by Crippen LogP contribution is -2.24. The second kappa shape index (κ2) is 5.99. The Kier molecular flexibility index (Phi) is 4.34. The van der Waals surface area contributed by atoms with Gasteiger partial charge in [0, 0.05) is 13.1 Å². The first-order valence-electron chi connectivity index (χ1n) is 5.80. The maximum absolute atomic E-state index is 5.01. The van der Waals surface area contributed by atoms with Crippen molar-refractivity contribution in [2.24, 2.45) is 0 Å². The number of aryl methyl sites for hydroxylation is 1. The van der Waals surface area contributed by atoms with E-state index in [0.29, 0.717) is 12.2 Å². The van der Waals surface area contributed by atoms with Gasteiger partial charge < -0.3 is 14.8 Å². The zero-order valence-electron chi connectivity index (χ0n) is 9.69. The number of epoxide rings is 2. The predicted molar refractivity (Wildman–Crippen MR) is 63.5 cm³/mol. The normalized spacial score (nSPS) is 25.6. The van der Waals surface area contributed by atoms with Crippen LogP contribution in [0.15, 0.2) is 30.3 Å². The summed E-state index contributed by atoms with van der Waals surface area (Å²) in [6, 6.07) is 10.3. The van der Waals surface area contributed by atoms with E-state index >= 15 is 0 Å². The quantitative estimate of drug-likeness (QED) is 0.780. The third-order valence-corrected chi connectivity index (χ3v) is 2.49. The molecule has 1 aromatic rings. The molecule has 2 aliphatic heterocycles. The molecule has 2 aliphatic rings. The highest BCUT2D eigenvalue weighted by Crippen LogP contribution is 2.09. The predicted octanol–water partition coefficient (Wildman–Crippen LogP) is 1.37. The maximum atomic E-state index is 5.01. The third-order valence-electron chi connectivity index (χ3n) is 2.49. The van der Waals surface area contributed by atoms with E-state index in [4.69, 9.17) is 9.47 Å². The van der Waals surface area contributed by atoms with E-state index < -0.39 is 0 Å². The molecule has 0 aromatic heterocycles. The average Bonchev–Trinajstić information content (AvgIpc) is 3.14. The monoisotopic (exact) mass is 221 g/mol. The summed E-state index contributed by atoms with van der Waals surface area (Å²) in [5, 5.41) is 3.26. The van der Waals surface area contributed by atoms with Crippen LogP contribution in [-0.2, 0) is 9.47 Å². The molecule has 3 rings (SSSR count). The Bertz CT molecular complexity index is 282. The van der Waals surface area contributed by atoms with Crippen molar-refractivity contribution in [1.29, 1.82) is 0 Å². The molecule has 2 atom stereocenters. The third kappa shape index (κ3) is 5.26. The van der Waals surface area contributed by atoms with Crippen LogP contribution in [0.2, 0.25) is 0 Å². The summed E-state index contributed by atoms with van der Waals surface area (Å²) in [4.78, 5) is 0. The van der Waals surface area contributed by atoms with Crippen molar-refractivity contribution < 1.29 is 9.47 Å². The average molecular weight is 221 g/mol. The summed E-state index contributed by atoms with van der Waals surface area (Å²) < 4.78 is 10.0. The van der Waals surface area contributed by atoms with Gasteiger partial charge in [-0.15, -0.1) is 0 Å². The first kappa shape index (κ1) is 11.6. The summed E-state index contributed by atoms with van der Waals surface area (Å²) in [6.07, 6.45) is 1.01. The molecule has 2 saturated heterocycles. The summed E-state index contributed by atoms with van der Waals surface area (Å²) in [7, 11) is 0. The van der Waals surface area contributed by atoms with Gasteiger partial charge >= 0.3 is 0 Å². The topological polar surface area (TPSA) is 37.1 Å². The fourth-order valence-electron chi connectivity index (χ4n) is 1.31. The van der Waals surface area contributed by atoms with Crippen LogP contribution in [0.5, 0.6) is 0 Å². The second-order valence-corrected chi connectivity index (χ2v) is 4.22. The van der Waals surface area contributed by atoms with Gasteiger partial charge in [-0.1, -0.05) is 35.9 Å². The van der Waals surface area contributed by atoms with Crippen molar-refractivity contribution in [2.75, 3.05) is 26.3 Å². The van der Waals surface area contributed by atoms with Crippen molar-refractivity contribution in [3.8, 4) is 0 Å². The SMILES string of the molecule is C(NCC1CO1)C1CO1.Cc1ccccc1. The molecule has 3 heteroatoms. The number of hydrogen-bond donors (Lipinski definition) is 1. The summed E-state index contributed by atoms with van der Waals surface area (Å²) in [5.41, 5.74) is 1.32. The minimum Gasteiger partial charge on any atom is -0.372 e. The van der Waals surface area contributed by atoms with Crippen molar-refractivity contribution in [3.63, 3.8) is 0 Å². The van der Waals surface area contributed by atoms with E-state index in [0.717, 1.165) is 26.3 Å². The molecule has 2 heterocycles. The molecule has 1 aromatic carbocycles. The fourth-order valence-corrected chi connectivity index (χ4v) is 1.31. The van der Waals surface area contributed by atoms with Crippen LogP contribution in [0.25, 0.3) is 0 Å². The summed E-state index contributed by atoms with van der Waals surface area (Å²) in [5.74, 6) is 0. The molecule has 0 spiro atoms. The number of rotatable bonds is 4. The van der Waals surface area contributed by atoms with E-state index in [-0.39, 0.29) is 0 Å². The van der Waals surface area contributed by atoms with Gasteiger partial charge in [0.25, 0.3) is 0 Å². The Morgan fingerprint density at radius 1 is 1.06 bits per heavy atom. The van der Waals surface area contributed by atoms with Gasteiger partial charge in [0.05, 0.1) is 25.4 Å². The summed E-state index contributed by atoms with van der Waals surface area (Å²) in [6.45, 7) is 5.97. The van der Waals surface area contributed by atoms with E-state index in [9.17, 15) is 0 Å². The molecule has 1 N–H and O–H groups in total. The molecular weight excluding hydrogens is 202 g/mol. The maximum Gasteiger partial charge on any atom is 0.0933 e. The van der Waals surface area contributed by atoms with Crippen LogP contribution >= 0.6 is 0 Å². The minimum atomic E-state index is 0.503. The van der Waals surface area contributed by atoms with Gasteiger partial charge in [0.2, 0.25) is 0 Å². The van der Waals surface area contributed by atoms with Crippen molar-refractivity contribution in [3.05, 3.63) is 35.9 Å². The number of benzene rings is 1. The van der Waals surface area contributed by atoms with E-state index in [1.807, 2.05) is 18.2 Å². The highest BCUT2D eigenvalue weighted by Gasteiger charge is 2.25. The molecule has 0 amide bonds. The smallest absolute Gasteiger partial charge is 0.0933 e. The lowest BCUT2D eigenvalue weighted by atomic mass is 10.2. The van der Waals surface area contributed by atoms with Crippen LogP contribution in [-0.4, -0.2) is 38.5 Å². The highest BCUT2D eigenvalue weighted by atomic mass is 16.6. The van der Waals surface area contributed by atoms with Crippen LogP contribution in [0.3, 0.4) is 0 Å². The van der Waals surface area contributed by atoms with Gasteiger partial charge in [-0.3, -0.25) is 0 Å². The second-order valence-electron chi connectivity index (χ2n) is 4.22. The van der Waals surface area contributed by atoms with Crippen LogP contribution in [0, 0.1) is 6.92 Å². The Morgan fingerprint density at radius 2 is 1.56 bits per heavy atom. The molecular formula is C13H19NO2. The number of nitrogens with one attached hydrogen (secondary N) is 1. The zero-order valence-corrected chi connectivity index (χ0v) is 9.69. The molecule has 88 valence electrons. The lowest BCUT2D eigenvalue weighted by molar-refractivity contribution is 0.373. The first-order valence-corrected chi connectivity index (χ1v) is 5.80. The van der Waals surface area contributed by atoms with Gasteiger partial charge in [-0.05, 0) is 6.92 Å². The van der Waals surface area contributed by atoms with Crippen molar-refractivity contribution >= 4 is 0 Å². The standard InChI is InChI=1S/C7H8.C6H11NO2/c1-7-5-3-2-4-6-7;1(5-3-8-5)7-2-6-4-9-6/h2-6H,1H3;5-7H,1-4H2. The molecule has 16 heavy (non-hydrogen) atoms. The van der Waals surface area contributed by atoms with E-state index in [2.05, 4.69) is 24.4 Å². The number of hydrogen-bond acceptors (Lipinski definition) is 3. The molecule has 0 aliphatic carbocycles. The van der Waals surface area contributed by atoms with Gasteiger partial charge in [0.15, 0.2) is 0 Å². The van der Waals surface area contributed by atoms with Gasteiger partial charge in [-0.2, -0.15) is 0 Å². The van der Waals surface area contributed by atoms with Crippen LogP contribution < -0.4 is 5.32 Å². The minimum absolute atomic E-state index is 0.503. The molecule has 0 saturated carbocycles. The van der Waals surface area contributed by atoms with Crippen LogP contribution in [0.1, 0.15) is 5.56 Å². The Hall–Kier alpha value is -0.900. The lowest BCUT2D eigenvalue weighted by Gasteiger charge is -1.95. The van der Waals surface area contributed by atoms with Crippen molar-refractivity contribution in [2.45, 2.75) is 19.1 Å². The largest absolute Gasteiger partial charge is 0.372 e. The fraction of sp³-hybridized carbons (Fsp3) is 0.538. The molecule has 0 radical (unpaired) electrons. The zero-order chi connectivity index (χ0) is 11.2. The first-order chi connectivity index (χ1) is 7.84. The molecule has 3 nitrogen and oxygen atoms in total. The highest BCUT2D eigenvalue weighted by molar-refractivity contribution is 5.11. The van der Waals surface area contributed by atoms with Crippen LogP contribution in [0.4, 0.5) is 0 Å². The Labute approximate surface area is 96.8 Å². The van der Waals surface area contributed by atoms with E-state index in [1.54, 1.807) is 0 Å².